The van der Waals surface area contributed by atoms with Gasteiger partial charge in [0.25, 0.3) is 5.91 Å². The highest BCUT2D eigenvalue weighted by Gasteiger charge is 2.11. The number of anilines is 2. The second-order valence-electron chi connectivity index (χ2n) is 8.35. The number of nitrogens with one attached hydrogen (secondary N) is 2. The summed E-state index contributed by atoms with van der Waals surface area (Å²) in [6, 6.07) is 21.4. The monoisotopic (exact) mass is 473 g/mol. The molecule has 7 heteroatoms. The summed E-state index contributed by atoms with van der Waals surface area (Å²) >= 11 is 0. The highest BCUT2D eigenvalue weighted by molar-refractivity contribution is 6.06. The number of rotatable bonds is 10. The molecule has 4 rings (SSSR count). The lowest BCUT2D eigenvalue weighted by molar-refractivity contribution is 0.102. The molecule has 182 valence electrons. The fraction of sp³-hybridized carbons (Fsp3) is 0.250. The Kier molecular flexibility index (Phi) is 7.45. The lowest BCUT2D eigenvalue weighted by Gasteiger charge is -2.20. The number of aromatic amines is 1. The quantitative estimate of drug-likeness (QED) is 0.317. The van der Waals surface area contributed by atoms with Gasteiger partial charge in [-0.05, 0) is 66.9 Å². The molecule has 0 unspecified atom stereocenters. The Morgan fingerprint density at radius 2 is 1.66 bits per heavy atom. The molecule has 0 bridgehead atoms. The van der Waals surface area contributed by atoms with Crippen molar-refractivity contribution in [3.63, 3.8) is 0 Å². The molecule has 7 nitrogen and oxygen atoms in total. The Hall–Kier alpha value is -4.13. The van der Waals surface area contributed by atoms with E-state index in [9.17, 15) is 4.79 Å². The van der Waals surface area contributed by atoms with E-state index in [1.807, 2.05) is 54.6 Å². The van der Waals surface area contributed by atoms with E-state index in [4.69, 9.17) is 14.2 Å². The van der Waals surface area contributed by atoms with Crippen LogP contribution in [0.1, 0.15) is 22.5 Å². The normalized spacial score (nSPS) is 10.7. The van der Waals surface area contributed by atoms with E-state index in [1.165, 1.54) is 5.56 Å². The van der Waals surface area contributed by atoms with Gasteiger partial charge in [-0.25, -0.2) is 0 Å². The van der Waals surface area contributed by atoms with Crippen LogP contribution in [0.4, 0.5) is 11.4 Å². The maximum atomic E-state index is 12.7. The topological polar surface area (TPSA) is 75.8 Å². The van der Waals surface area contributed by atoms with Crippen LogP contribution >= 0.6 is 0 Å². The maximum Gasteiger partial charge on any atom is 0.272 e. The lowest BCUT2D eigenvalue weighted by atomic mass is 10.1. The first kappa shape index (κ1) is 24.0. The standard InChI is InChI=1S/C28H31N3O4/c1-31(22-11-14-26(34-3)27(18-22)35-4)15-5-6-19-7-9-21(10-8-19)29-28(32)25-17-20-16-23(33-2)12-13-24(20)30-25/h7-14,16-18,30H,5-6,15H2,1-4H3,(H,29,32). The van der Waals surface area contributed by atoms with E-state index in [2.05, 4.69) is 34.4 Å². The summed E-state index contributed by atoms with van der Waals surface area (Å²) in [4.78, 5) is 18.1. The van der Waals surface area contributed by atoms with Gasteiger partial charge in [0.2, 0.25) is 0 Å². The molecule has 4 aromatic rings. The van der Waals surface area contributed by atoms with Crippen LogP contribution in [0.5, 0.6) is 17.2 Å². The summed E-state index contributed by atoms with van der Waals surface area (Å²) < 4.78 is 16.0. The van der Waals surface area contributed by atoms with Crippen LogP contribution in [0.2, 0.25) is 0 Å². The molecule has 0 atom stereocenters. The van der Waals surface area contributed by atoms with Crippen molar-refractivity contribution >= 4 is 28.2 Å². The number of aryl methyl sites for hydroxylation is 1. The van der Waals surface area contributed by atoms with E-state index in [1.54, 1.807) is 21.3 Å². The first-order valence-corrected chi connectivity index (χ1v) is 11.5. The number of benzene rings is 3. The number of hydrogen-bond acceptors (Lipinski definition) is 5. The van der Waals surface area contributed by atoms with Crippen molar-refractivity contribution in [2.45, 2.75) is 12.8 Å². The van der Waals surface area contributed by atoms with Crippen LogP contribution in [0.15, 0.2) is 66.7 Å². The first-order chi connectivity index (χ1) is 17.0. The molecule has 0 aliphatic heterocycles. The number of nitrogens with zero attached hydrogens (tertiary/aromatic N) is 1. The van der Waals surface area contributed by atoms with Gasteiger partial charge in [-0.3, -0.25) is 4.79 Å². The van der Waals surface area contributed by atoms with Gasteiger partial charge in [0.15, 0.2) is 11.5 Å². The minimum absolute atomic E-state index is 0.176. The average Bonchev–Trinajstić information content (AvgIpc) is 3.32. The predicted octanol–water partition coefficient (Wildman–Crippen LogP) is 5.52. The van der Waals surface area contributed by atoms with E-state index in [0.717, 1.165) is 58.9 Å². The Labute approximate surface area is 205 Å². The van der Waals surface area contributed by atoms with Crippen molar-refractivity contribution in [1.82, 2.24) is 4.98 Å². The third-order valence-corrected chi connectivity index (χ3v) is 6.05. The summed E-state index contributed by atoms with van der Waals surface area (Å²) in [7, 11) is 6.98. The summed E-state index contributed by atoms with van der Waals surface area (Å²) in [6.07, 6.45) is 1.94. The second kappa shape index (κ2) is 10.9. The molecule has 35 heavy (non-hydrogen) atoms. The Balaban J connectivity index is 1.30. The molecule has 0 spiro atoms. The minimum atomic E-state index is -0.176. The van der Waals surface area contributed by atoms with Gasteiger partial charge in [-0.2, -0.15) is 0 Å². The number of amides is 1. The molecule has 0 radical (unpaired) electrons. The zero-order valence-corrected chi connectivity index (χ0v) is 20.6. The van der Waals surface area contributed by atoms with Gasteiger partial charge in [-0.15, -0.1) is 0 Å². The van der Waals surface area contributed by atoms with Crippen LogP contribution in [0.3, 0.4) is 0 Å². The van der Waals surface area contributed by atoms with Gasteiger partial charge in [0, 0.05) is 41.9 Å². The zero-order valence-electron chi connectivity index (χ0n) is 20.6. The smallest absolute Gasteiger partial charge is 0.272 e. The van der Waals surface area contributed by atoms with Crippen LogP contribution < -0.4 is 24.4 Å². The van der Waals surface area contributed by atoms with Crippen LogP contribution in [0, 0.1) is 0 Å². The Morgan fingerprint density at radius 3 is 2.37 bits per heavy atom. The second-order valence-corrected chi connectivity index (χ2v) is 8.35. The highest BCUT2D eigenvalue weighted by atomic mass is 16.5. The van der Waals surface area contributed by atoms with Crippen LogP contribution in [0.25, 0.3) is 10.9 Å². The van der Waals surface area contributed by atoms with E-state index >= 15 is 0 Å². The molecule has 1 heterocycles. The van der Waals surface area contributed by atoms with Crippen LogP contribution in [-0.4, -0.2) is 45.8 Å². The van der Waals surface area contributed by atoms with Crippen molar-refractivity contribution in [1.29, 1.82) is 0 Å². The first-order valence-electron chi connectivity index (χ1n) is 11.5. The van der Waals surface area contributed by atoms with Gasteiger partial charge < -0.3 is 29.4 Å². The summed E-state index contributed by atoms with van der Waals surface area (Å²) in [5.74, 6) is 2.03. The minimum Gasteiger partial charge on any atom is -0.497 e. The lowest BCUT2D eigenvalue weighted by Crippen LogP contribution is -2.19. The number of fused-ring (bicyclic) bond motifs is 1. The largest absolute Gasteiger partial charge is 0.497 e. The molecule has 2 N–H and O–H groups in total. The Bertz CT molecular complexity index is 1300. The number of methoxy groups -OCH3 is 3. The number of hydrogen-bond donors (Lipinski definition) is 2. The molecule has 3 aromatic carbocycles. The van der Waals surface area contributed by atoms with E-state index < -0.39 is 0 Å². The summed E-state index contributed by atoms with van der Waals surface area (Å²) in [6.45, 7) is 0.902. The molecule has 0 saturated heterocycles. The number of carbonyl (C=O) groups excluding carboxylic acids is 1. The van der Waals surface area contributed by atoms with Gasteiger partial charge in [0.1, 0.15) is 11.4 Å². The zero-order chi connectivity index (χ0) is 24.8. The molecule has 1 amide bonds. The summed E-state index contributed by atoms with van der Waals surface area (Å²) in [5, 5.41) is 3.89. The van der Waals surface area contributed by atoms with E-state index in [0.29, 0.717) is 5.69 Å². The van der Waals surface area contributed by atoms with Crippen molar-refractivity contribution < 1.29 is 19.0 Å². The maximum absolute atomic E-state index is 12.7. The molecule has 0 aliphatic carbocycles. The summed E-state index contributed by atoms with van der Waals surface area (Å²) in [5.41, 5.74) is 4.47. The number of H-pyrrole nitrogens is 1. The van der Waals surface area contributed by atoms with Gasteiger partial charge >= 0.3 is 0 Å². The fourth-order valence-corrected chi connectivity index (χ4v) is 4.02. The third kappa shape index (κ3) is 5.69. The van der Waals surface area contributed by atoms with Crippen molar-refractivity contribution in [3.05, 3.63) is 78.0 Å². The third-order valence-electron chi connectivity index (χ3n) is 6.05. The Morgan fingerprint density at radius 1 is 0.886 bits per heavy atom. The van der Waals surface area contributed by atoms with Crippen LogP contribution in [-0.2, 0) is 6.42 Å². The number of aromatic nitrogens is 1. The highest BCUT2D eigenvalue weighted by Crippen LogP contribution is 2.31. The fourth-order valence-electron chi connectivity index (χ4n) is 4.02. The molecule has 0 saturated carbocycles. The van der Waals surface area contributed by atoms with E-state index in [-0.39, 0.29) is 5.91 Å². The van der Waals surface area contributed by atoms with Gasteiger partial charge in [-0.1, -0.05) is 12.1 Å². The molecule has 0 aliphatic rings. The van der Waals surface area contributed by atoms with Crippen molar-refractivity contribution in [2.75, 3.05) is 45.1 Å². The molecular formula is C28H31N3O4. The SMILES string of the molecule is COc1ccc2[nH]c(C(=O)Nc3ccc(CCCN(C)c4ccc(OC)c(OC)c4)cc3)cc2c1. The predicted molar refractivity (Wildman–Crippen MR) is 140 cm³/mol. The molecular weight excluding hydrogens is 442 g/mol. The van der Waals surface area contributed by atoms with Gasteiger partial charge in [0.05, 0.1) is 21.3 Å². The van der Waals surface area contributed by atoms with Crippen molar-refractivity contribution in [2.24, 2.45) is 0 Å². The number of carbonyl (C=O) groups is 1. The van der Waals surface area contributed by atoms with Crippen molar-refractivity contribution in [3.8, 4) is 17.2 Å². The number of ether oxygens (including phenoxy) is 3. The average molecular weight is 474 g/mol. The molecule has 0 fully saturated rings. The molecule has 1 aromatic heterocycles.